The molecular weight excluding hydrogens is 649 g/mol. The highest BCUT2D eigenvalue weighted by molar-refractivity contribution is 5.95. The van der Waals surface area contributed by atoms with Crippen molar-refractivity contribution in [2.75, 3.05) is 0 Å². The lowest BCUT2D eigenvalue weighted by atomic mass is 9.36. The number of rotatable bonds is 8. The number of carbonyl (C=O) groups is 3. The number of carbonyl (C=O) groups excluding carboxylic acids is 2. The van der Waals surface area contributed by atoms with Crippen molar-refractivity contribution in [1.82, 2.24) is 10.6 Å². The molecule has 6 fully saturated rings. The zero-order valence-electron chi connectivity index (χ0n) is 31.8. The van der Waals surface area contributed by atoms with Crippen LogP contribution < -0.4 is 10.6 Å². The number of carboxylic acids is 1. The minimum absolute atomic E-state index is 0.0293. The first kappa shape index (κ1) is 35.8. The molecule has 0 bridgehead atoms. The Morgan fingerprint density at radius 1 is 0.731 bits per heavy atom. The minimum atomic E-state index is -0.942. The number of aliphatic hydroxyl groups is 1. The topological polar surface area (TPSA) is 116 Å². The van der Waals surface area contributed by atoms with Crippen LogP contribution in [0.3, 0.4) is 0 Å². The van der Waals surface area contributed by atoms with E-state index in [1.54, 1.807) is 12.1 Å². The maximum absolute atomic E-state index is 14.4. The zero-order chi connectivity index (χ0) is 36.7. The highest BCUT2D eigenvalue weighted by Gasteiger charge is 2.67. The number of aliphatic hydroxyl groups excluding tert-OH is 1. The Bertz CT molecular complexity index is 1730. The third-order valence-corrected chi connectivity index (χ3v) is 16.6. The van der Waals surface area contributed by atoms with Gasteiger partial charge in [-0.15, -0.1) is 0 Å². The van der Waals surface area contributed by atoms with Crippen molar-refractivity contribution in [1.29, 1.82) is 0 Å². The third-order valence-electron chi connectivity index (χ3n) is 16.6. The van der Waals surface area contributed by atoms with Gasteiger partial charge < -0.3 is 20.8 Å². The summed E-state index contributed by atoms with van der Waals surface area (Å²) in [5.74, 6) is 2.18. The molecule has 0 spiro atoms. The van der Waals surface area contributed by atoms with Gasteiger partial charge in [-0.1, -0.05) is 58.4 Å². The summed E-state index contributed by atoms with van der Waals surface area (Å²) >= 11 is 0. The average Bonchev–Trinajstić information content (AvgIpc) is 3.71. The monoisotopic (exact) mass is 708 g/mol. The standard InChI is InChI=1S/C45H60N2O5/c1-41(2)35-17-20-42(3)33-16-22-45(19-6-9-34(45)32(33)14-15-36(42)43(35,4)21-18-37(41)48)40(52)46-27-29-7-5-8-31(25-29)38(49)47-44(23-24-44)26-28-10-12-30(13-11-28)39(50)51/h5,7-8,10-13,25,32-37,48H,6,9,14-24,26-27H2,1-4H3,(H,46,52)(H,47,49)(H,50,51). The Morgan fingerprint density at radius 3 is 2.21 bits per heavy atom. The number of fused-ring (bicyclic) bond motifs is 7. The van der Waals surface area contributed by atoms with Crippen molar-refractivity contribution < 1.29 is 24.6 Å². The lowest BCUT2D eigenvalue weighted by Gasteiger charge is -2.69. The molecule has 52 heavy (non-hydrogen) atoms. The Hall–Kier alpha value is -3.19. The van der Waals surface area contributed by atoms with Gasteiger partial charge in [-0.2, -0.15) is 0 Å². The molecule has 9 atom stereocenters. The predicted octanol–water partition coefficient (Wildman–Crippen LogP) is 8.33. The van der Waals surface area contributed by atoms with Gasteiger partial charge in [0.15, 0.2) is 0 Å². The molecule has 6 saturated carbocycles. The largest absolute Gasteiger partial charge is 0.478 e. The summed E-state index contributed by atoms with van der Waals surface area (Å²) < 4.78 is 0. The van der Waals surface area contributed by atoms with Gasteiger partial charge in [-0.3, -0.25) is 9.59 Å². The van der Waals surface area contributed by atoms with Crippen molar-refractivity contribution in [3.63, 3.8) is 0 Å². The maximum atomic E-state index is 14.4. The second kappa shape index (κ2) is 12.7. The van der Waals surface area contributed by atoms with Crippen LogP contribution in [0, 0.1) is 51.2 Å². The van der Waals surface area contributed by atoms with Crippen LogP contribution in [0.5, 0.6) is 0 Å². The zero-order valence-corrected chi connectivity index (χ0v) is 31.8. The number of hydrogen-bond acceptors (Lipinski definition) is 4. The van der Waals surface area contributed by atoms with Gasteiger partial charge in [-0.05, 0) is 165 Å². The van der Waals surface area contributed by atoms with E-state index in [1.807, 2.05) is 36.4 Å². The van der Waals surface area contributed by atoms with Crippen LogP contribution in [0.15, 0.2) is 48.5 Å². The van der Waals surface area contributed by atoms with Crippen LogP contribution in [0.4, 0.5) is 0 Å². The molecule has 0 radical (unpaired) electrons. The highest BCUT2D eigenvalue weighted by Crippen LogP contribution is 2.73. The lowest BCUT2D eigenvalue weighted by Crippen LogP contribution is -2.63. The van der Waals surface area contributed by atoms with Gasteiger partial charge in [-0.25, -0.2) is 4.79 Å². The summed E-state index contributed by atoms with van der Waals surface area (Å²) in [7, 11) is 0. The molecule has 4 N–H and O–H groups in total. The number of aromatic carboxylic acids is 1. The molecule has 0 saturated heterocycles. The molecule has 6 aliphatic carbocycles. The van der Waals surface area contributed by atoms with Gasteiger partial charge in [0.25, 0.3) is 5.91 Å². The van der Waals surface area contributed by atoms with E-state index in [9.17, 15) is 24.6 Å². The summed E-state index contributed by atoms with van der Waals surface area (Å²) in [5.41, 5.74) is 2.79. The summed E-state index contributed by atoms with van der Waals surface area (Å²) in [5, 5.41) is 26.9. The van der Waals surface area contributed by atoms with Crippen molar-refractivity contribution in [2.45, 2.75) is 136 Å². The van der Waals surface area contributed by atoms with Crippen molar-refractivity contribution in [2.24, 2.45) is 51.2 Å². The van der Waals surface area contributed by atoms with Crippen LogP contribution >= 0.6 is 0 Å². The molecule has 0 aromatic heterocycles. The predicted molar refractivity (Wildman–Crippen MR) is 201 cm³/mol. The number of carboxylic acid groups (broad SMARTS) is 1. The number of hydrogen-bond donors (Lipinski definition) is 4. The van der Waals surface area contributed by atoms with E-state index in [2.05, 4.69) is 38.3 Å². The molecule has 9 unspecified atom stereocenters. The van der Waals surface area contributed by atoms with Crippen LogP contribution in [0.25, 0.3) is 0 Å². The fourth-order valence-electron chi connectivity index (χ4n) is 13.7. The van der Waals surface area contributed by atoms with Gasteiger partial charge in [0.1, 0.15) is 0 Å². The first-order chi connectivity index (χ1) is 24.7. The van der Waals surface area contributed by atoms with Crippen LogP contribution in [0.1, 0.15) is 143 Å². The summed E-state index contributed by atoms with van der Waals surface area (Å²) in [6.07, 6.45) is 14.7. The molecule has 7 heteroatoms. The van der Waals surface area contributed by atoms with E-state index in [-0.39, 0.29) is 45.3 Å². The van der Waals surface area contributed by atoms with Crippen molar-refractivity contribution >= 4 is 17.8 Å². The number of benzene rings is 2. The average molecular weight is 709 g/mol. The molecule has 6 aliphatic rings. The fraction of sp³-hybridized carbons (Fsp3) is 0.667. The van der Waals surface area contributed by atoms with E-state index in [1.165, 1.54) is 25.7 Å². The van der Waals surface area contributed by atoms with Crippen molar-refractivity contribution in [3.05, 3.63) is 70.8 Å². The van der Waals surface area contributed by atoms with E-state index < -0.39 is 5.97 Å². The van der Waals surface area contributed by atoms with Crippen LogP contribution in [0.2, 0.25) is 0 Å². The molecule has 8 rings (SSSR count). The number of amides is 2. The Kier molecular flexibility index (Phi) is 8.75. The van der Waals surface area contributed by atoms with Crippen LogP contribution in [-0.4, -0.2) is 39.6 Å². The quantitative estimate of drug-likeness (QED) is 0.220. The summed E-state index contributed by atoms with van der Waals surface area (Å²) in [6.45, 7) is 10.3. The maximum Gasteiger partial charge on any atom is 0.335 e. The molecule has 0 aliphatic heterocycles. The minimum Gasteiger partial charge on any atom is -0.478 e. The van der Waals surface area contributed by atoms with Crippen LogP contribution in [-0.2, 0) is 17.8 Å². The van der Waals surface area contributed by atoms with E-state index in [0.29, 0.717) is 53.5 Å². The Morgan fingerprint density at radius 2 is 1.48 bits per heavy atom. The van der Waals surface area contributed by atoms with Crippen molar-refractivity contribution in [3.8, 4) is 0 Å². The molecule has 0 heterocycles. The van der Waals surface area contributed by atoms with Gasteiger partial charge in [0, 0.05) is 17.6 Å². The fourth-order valence-corrected chi connectivity index (χ4v) is 13.7. The molecular formula is C45H60N2O5. The lowest BCUT2D eigenvalue weighted by molar-refractivity contribution is -0.214. The molecule has 7 nitrogen and oxygen atoms in total. The Balaban J connectivity index is 0.915. The Labute approximate surface area is 310 Å². The SMILES string of the molecule is CC1(C)C(O)CCC2(C)C1CCC1(C)C3CCC4(C(=O)NCc5cccc(C(=O)NC6(Cc7ccc(C(=O)O)cc7)CC6)c5)CCCC4C3CCC12. The van der Waals surface area contributed by atoms with E-state index >= 15 is 0 Å². The molecule has 2 aromatic carbocycles. The smallest absolute Gasteiger partial charge is 0.335 e. The molecule has 2 aromatic rings. The molecule has 2 amide bonds. The second-order valence-corrected chi connectivity index (χ2v) is 19.4. The first-order valence-electron chi connectivity index (χ1n) is 20.4. The van der Waals surface area contributed by atoms with Gasteiger partial charge in [0.2, 0.25) is 5.91 Å². The molecule has 280 valence electrons. The van der Waals surface area contributed by atoms with E-state index in [0.717, 1.165) is 68.9 Å². The number of nitrogens with one attached hydrogen (secondary N) is 2. The summed E-state index contributed by atoms with van der Waals surface area (Å²) in [4.78, 5) is 39.0. The third kappa shape index (κ3) is 5.74. The summed E-state index contributed by atoms with van der Waals surface area (Å²) in [6, 6.07) is 14.6. The first-order valence-corrected chi connectivity index (χ1v) is 20.4. The highest BCUT2D eigenvalue weighted by atomic mass is 16.4. The van der Waals surface area contributed by atoms with Gasteiger partial charge in [0.05, 0.1) is 17.1 Å². The normalized spacial score (nSPS) is 38.1. The second-order valence-electron chi connectivity index (χ2n) is 19.4. The van der Waals surface area contributed by atoms with E-state index in [4.69, 9.17) is 0 Å². The van der Waals surface area contributed by atoms with Gasteiger partial charge >= 0.3 is 5.97 Å².